The lowest BCUT2D eigenvalue weighted by Gasteiger charge is -2.53. The third kappa shape index (κ3) is 4.93. The summed E-state index contributed by atoms with van der Waals surface area (Å²) in [4.78, 5) is 14.8. The van der Waals surface area contributed by atoms with E-state index < -0.39 is 23.8 Å². The number of amides is 1. The first-order chi connectivity index (χ1) is 15.7. The summed E-state index contributed by atoms with van der Waals surface area (Å²) in [5, 5.41) is 12.8. The highest BCUT2D eigenvalue weighted by Gasteiger charge is 2.49. The van der Waals surface area contributed by atoms with E-state index in [9.17, 15) is 23.1 Å². The average Bonchev–Trinajstić information content (AvgIpc) is 2.78. The smallest absolute Gasteiger partial charge is 0.421 e. The molecule has 2 aromatic rings. The quantitative estimate of drug-likeness (QED) is 0.616. The molecule has 0 spiro atoms. The first-order valence-corrected chi connectivity index (χ1v) is 11.3. The van der Waals surface area contributed by atoms with E-state index in [0.29, 0.717) is 24.4 Å². The summed E-state index contributed by atoms with van der Waals surface area (Å²) in [5.41, 5.74) is -0.182. The van der Waals surface area contributed by atoms with Gasteiger partial charge < -0.3 is 10.4 Å². The monoisotopic (exact) mass is 458 g/mol. The van der Waals surface area contributed by atoms with Crippen molar-refractivity contribution in [1.29, 1.82) is 0 Å². The predicted molar refractivity (Wildman–Crippen MR) is 121 cm³/mol. The number of hydrogen-bond donors (Lipinski definition) is 2. The van der Waals surface area contributed by atoms with Crippen LogP contribution in [0.25, 0.3) is 6.08 Å². The second-order valence-electron chi connectivity index (χ2n) is 9.25. The Balaban J connectivity index is 1.63. The number of fused-ring (bicyclic) bond motifs is 1. The van der Waals surface area contributed by atoms with Crippen molar-refractivity contribution in [3.05, 3.63) is 71.3 Å². The van der Waals surface area contributed by atoms with E-state index in [1.165, 1.54) is 12.1 Å². The van der Waals surface area contributed by atoms with Crippen LogP contribution in [0.4, 0.5) is 13.2 Å². The molecule has 1 saturated heterocycles. The lowest BCUT2D eigenvalue weighted by molar-refractivity contribution is -0.133. The molecular weight excluding hydrogens is 429 g/mol. The van der Waals surface area contributed by atoms with Gasteiger partial charge in [0.25, 0.3) is 5.91 Å². The van der Waals surface area contributed by atoms with Crippen LogP contribution in [-0.2, 0) is 10.2 Å². The lowest BCUT2D eigenvalue weighted by atomic mass is 9.58. The van der Waals surface area contributed by atoms with Crippen LogP contribution >= 0.6 is 0 Å². The van der Waals surface area contributed by atoms with Gasteiger partial charge in [0, 0.05) is 12.0 Å². The Hall–Kier alpha value is -2.80. The molecule has 2 N–H and O–H groups in total. The van der Waals surface area contributed by atoms with Crippen LogP contribution in [0.15, 0.2) is 60.2 Å². The number of nitrogens with zero attached hydrogens (tertiary/aromatic N) is 1. The average molecular weight is 459 g/mol. The maximum atomic E-state index is 13.8. The van der Waals surface area contributed by atoms with E-state index in [2.05, 4.69) is 5.32 Å². The molecule has 2 aromatic carbocycles. The van der Waals surface area contributed by atoms with Crippen LogP contribution in [0, 0.1) is 5.92 Å². The van der Waals surface area contributed by atoms with Crippen molar-refractivity contribution < 1.29 is 23.1 Å². The van der Waals surface area contributed by atoms with Crippen molar-refractivity contribution in [2.24, 2.45) is 5.92 Å². The number of hydrogen-bond acceptors (Lipinski definition) is 3. The van der Waals surface area contributed by atoms with Gasteiger partial charge in [-0.05, 0) is 61.6 Å². The highest BCUT2D eigenvalue weighted by molar-refractivity contribution is 5.99. The Bertz CT molecular complexity index is 1020. The second kappa shape index (κ2) is 9.21. The van der Waals surface area contributed by atoms with Crippen molar-refractivity contribution in [1.82, 2.24) is 10.2 Å². The molecule has 1 amide bonds. The van der Waals surface area contributed by atoms with Gasteiger partial charge in [-0.2, -0.15) is 13.2 Å². The summed E-state index contributed by atoms with van der Waals surface area (Å²) in [5.74, 6) is -0.632. The van der Waals surface area contributed by atoms with Crippen molar-refractivity contribution in [3.63, 3.8) is 0 Å². The number of carbonyl (C=O) groups excluding carboxylic acids is 1. The summed E-state index contributed by atoms with van der Waals surface area (Å²) < 4.78 is 41.4. The van der Waals surface area contributed by atoms with Gasteiger partial charge in [-0.3, -0.25) is 9.69 Å². The molecule has 4 rings (SSSR count). The molecule has 4 nitrogen and oxygen atoms in total. The van der Waals surface area contributed by atoms with E-state index in [1.54, 1.807) is 36.4 Å². The number of phenols is 1. The summed E-state index contributed by atoms with van der Waals surface area (Å²) in [7, 11) is 1.85. The van der Waals surface area contributed by atoms with Gasteiger partial charge in [0.15, 0.2) is 0 Å². The number of rotatable bonds is 4. The van der Waals surface area contributed by atoms with E-state index in [1.807, 2.05) is 18.0 Å². The van der Waals surface area contributed by atoms with E-state index >= 15 is 0 Å². The molecule has 1 aliphatic carbocycles. The van der Waals surface area contributed by atoms with Gasteiger partial charge >= 0.3 is 6.18 Å². The van der Waals surface area contributed by atoms with Gasteiger partial charge in [0.2, 0.25) is 0 Å². The second-order valence-corrected chi connectivity index (χ2v) is 9.25. The number of phenolic OH excluding ortho intramolecular Hbond substituents is 1. The van der Waals surface area contributed by atoms with E-state index in [0.717, 1.165) is 37.3 Å². The topological polar surface area (TPSA) is 52.6 Å². The summed E-state index contributed by atoms with van der Waals surface area (Å²) in [6.45, 7) is 0.671. The molecule has 3 atom stereocenters. The molecule has 33 heavy (non-hydrogen) atoms. The van der Waals surface area contributed by atoms with Crippen molar-refractivity contribution in [2.75, 3.05) is 13.6 Å². The van der Waals surface area contributed by atoms with Gasteiger partial charge in [0.05, 0.1) is 6.17 Å². The third-order valence-electron chi connectivity index (χ3n) is 7.18. The SMILES string of the molecule is CN1CC2CCCC[C@@]2(c2cccc(O)c2)C[C@H]1NC(=O)C(=Cc1ccccc1)C(F)(F)F. The van der Waals surface area contributed by atoms with Gasteiger partial charge in [-0.15, -0.1) is 0 Å². The molecule has 7 heteroatoms. The van der Waals surface area contributed by atoms with Gasteiger partial charge in [0.1, 0.15) is 11.3 Å². The number of carbonyl (C=O) groups is 1. The highest BCUT2D eigenvalue weighted by atomic mass is 19.4. The van der Waals surface area contributed by atoms with Crippen LogP contribution in [0.1, 0.15) is 43.2 Å². The predicted octanol–water partition coefficient (Wildman–Crippen LogP) is 5.24. The van der Waals surface area contributed by atoms with Crippen molar-refractivity contribution in [2.45, 2.75) is 49.9 Å². The van der Waals surface area contributed by atoms with Crippen LogP contribution in [0.3, 0.4) is 0 Å². The number of benzene rings is 2. The molecular formula is C26H29F3N2O2. The van der Waals surface area contributed by atoms with E-state index in [4.69, 9.17) is 0 Å². The maximum absolute atomic E-state index is 13.8. The number of likely N-dealkylation sites (tertiary alicyclic amines) is 1. The van der Waals surface area contributed by atoms with Gasteiger partial charge in [-0.1, -0.05) is 55.3 Å². The first kappa shape index (κ1) is 23.4. The maximum Gasteiger partial charge on any atom is 0.421 e. The summed E-state index contributed by atoms with van der Waals surface area (Å²) >= 11 is 0. The molecule has 1 heterocycles. The molecule has 0 aromatic heterocycles. The number of aromatic hydroxyl groups is 1. The van der Waals surface area contributed by atoms with Crippen molar-refractivity contribution in [3.8, 4) is 5.75 Å². The standard InChI is InChI=1S/C26H29F3N2O2/c1-31-17-20-10-5-6-13-25(20,19-11-7-12-21(32)15-19)16-23(31)30-24(33)22(26(27,28)29)14-18-8-3-2-4-9-18/h2-4,7-9,11-12,14-15,20,23,32H,5-6,10,13,16-17H2,1H3,(H,30,33)/t20?,23-,25-/m0/s1. The Morgan fingerprint density at radius 1 is 1.15 bits per heavy atom. The first-order valence-electron chi connectivity index (χ1n) is 11.3. The van der Waals surface area contributed by atoms with E-state index in [-0.39, 0.29) is 11.2 Å². The largest absolute Gasteiger partial charge is 0.508 e. The Labute approximate surface area is 192 Å². The third-order valence-corrected chi connectivity index (χ3v) is 7.18. The van der Waals surface area contributed by atoms with Crippen LogP contribution in [0.2, 0.25) is 0 Å². The van der Waals surface area contributed by atoms with Gasteiger partial charge in [-0.25, -0.2) is 0 Å². The number of nitrogens with one attached hydrogen (secondary N) is 1. The minimum Gasteiger partial charge on any atom is -0.508 e. The zero-order valence-electron chi connectivity index (χ0n) is 18.6. The fourth-order valence-corrected chi connectivity index (χ4v) is 5.52. The molecule has 1 saturated carbocycles. The lowest BCUT2D eigenvalue weighted by Crippen LogP contribution is -2.60. The molecule has 2 aliphatic rings. The zero-order chi connectivity index (χ0) is 23.6. The fourth-order valence-electron chi connectivity index (χ4n) is 5.52. The number of piperidine rings is 1. The van der Waals surface area contributed by atoms with Crippen LogP contribution in [0.5, 0.6) is 5.75 Å². The Kier molecular flexibility index (Phi) is 6.52. The number of halogens is 3. The Morgan fingerprint density at radius 2 is 1.91 bits per heavy atom. The van der Waals surface area contributed by atoms with Crippen LogP contribution < -0.4 is 5.32 Å². The van der Waals surface area contributed by atoms with Crippen molar-refractivity contribution >= 4 is 12.0 Å². The Morgan fingerprint density at radius 3 is 2.61 bits per heavy atom. The minimum atomic E-state index is -4.77. The molecule has 1 unspecified atom stereocenters. The highest BCUT2D eigenvalue weighted by Crippen LogP contribution is 2.50. The number of alkyl halides is 3. The molecule has 2 fully saturated rings. The fraction of sp³-hybridized carbons (Fsp3) is 0.423. The summed E-state index contributed by atoms with van der Waals surface area (Å²) in [6, 6.07) is 15.2. The minimum absolute atomic E-state index is 0.177. The normalized spacial score (nSPS) is 26.5. The summed E-state index contributed by atoms with van der Waals surface area (Å²) in [6.07, 6.45) is 0.0912. The molecule has 0 radical (unpaired) electrons. The zero-order valence-corrected chi connectivity index (χ0v) is 18.6. The van der Waals surface area contributed by atoms with Crippen LogP contribution in [-0.4, -0.2) is 41.8 Å². The molecule has 176 valence electrons. The molecule has 1 aliphatic heterocycles. The molecule has 0 bridgehead atoms.